The molecule has 1 aromatic carbocycles. The maximum atomic E-state index is 9.60. The fraction of sp³-hybridized carbons (Fsp3) is 0.571. The number of hydrogen-bond donors (Lipinski definition) is 2. The van der Waals surface area contributed by atoms with E-state index >= 15 is 0 Å². The Bertz CT molecular complexity index is 309. The number of phenols is 1. The van der Waals surface area contributed by atoms with Gasteiger partial charge in [-0.15, -0.1) is 0 Å². The van der Waals surface area contributed by atoms with Crippen molar-refractivity contribution in [1.29, 1.82) is 0 Å². The zero-order valence-corrected chi connectivity index (χ0v) is 10.5. The zero-order valence-electron chi connectivity index (χ0n) is 10.5. The minimum Gasteiger partial charge on any atom is -0.508 e. The predicted octanol–water partition coefficient (Wildman–Crippen LogP) is 3.31. The monoisotopic (exact) mass is 221 g/mol. The van der Waals surface area contributed by atoms with E-state index < -0.39 is 0 Å². The summed E-state index contributed by atoms with van der Waals surface area (Å²) in [5, 5.41) is 13.0. The van der Waals surface area contributed by atoms with Crippen LogP contribution in [0, 0.1) is 5.92 Å². The summed E-state index contributed by atoms with van der Waals surface area (Å²) in [7, 11) is 0. The largest absolute Gasteiger partial charge is 0.508 e. The fourth-order valence-electron chi connectivity index (χ4n) is 1.63. The third-order valence-corrected chi connectivity index (χ3v) is 2.81. The van der Waals surface area contributed by atoms with Crippen molar-refractivity contribution in [1.82, 2.24) is 5.32 Å². The van der Waals surface area contributed by atoms with E-state index in [1.165, 1.54) is 12.8 Å². The summed E-state index contributed by atoms with van der Waals surface area (Å²) in [5.41, 5.74) is 0.971. The predicted molar refractivity (Wildman–Crippen MR) is 68.5 cm³/mol. The van der Waals surface area contributed by atoms with E-state index in [0.29, 0.717) is 11.8 Å². The van der Waals surface area contributed by atoms with Crippen LogP contribution in [0.25, 0.3) is 0 Å². The number of phenolic OH excluding ortho intramolecular Hbond substituents is 1. The molecule has 0 spiro atoms. The van der Waals surface area contributed by atoms with Gasteiger partial charge in [-0.2, -0.15) is 0 Å². The molecule has 1 unspecified atom stereocenters. The Balaban J connectivity index is 2.31. The lowest BCUT2D eigenvalue weighted by molar-refractivity contribution is 0.436. The van der Waals surface area contributed by atoms with Gasteiger partial charge in [0.15, 0.2) is 0 Å². The molecule has 0 aromatic heterocycles. The topological polar surface area (TPSA) is 32.3 Å². The average Bonchev–Trinajstić information content (AvgIpc) is 2.25. The fourth-order valence-corrected chi connectivity index (χ4v) is 1.63. The average molecular weight is 221 g/mol. The minimum atomic E-state index is 0.381. The molecule has 2 heteroatoms. The van der Waals surface area contributed by atoms with E-state index in [9.17, 15) is 5.11 Å². The summed E-state index contributed by atoms with van der Waals surface area (Å²) in [6, 6.07) is 7.99. The lowest BCUT2D eigenvalue weighted by Gasteiger charge is -2.15. The van der Waals surface area contributed by atoms with Crippen LogP contribution in [0.2, 0.25) is 0 Å². The summed E-state index contributed by atoms with van der Waals surface area (Å²) < 4.78 is 0. The molecule has 0 aliphatic heterocycles. The Labute approximate surface area is 98.7 Å². The van der Waals surface area contributed by atoms with E-state index in [2.05, 4.69) is 26.1 Å². The molecule has 1 atom stereocenters. The third-order valence-electron chi connectivity index (χ3n) is 2.81. The van der Waals surface area contributed by atoms with Crippen LogP contribution < -0.4 is 5.32 Å². The van der Waals surface area contributed by atoms with Gasteiger partial charge in [0.25, 0.3) is 0 Å². The number of rotatable bonds is 6. The van der Waals surface area contributed by atoms with Gasteiger partial charge in [0.1, 0.15) is 5.75 Å². The van der Waals surface area contributed by atoms with Crippen LogP contribution in [0.4, 0.5) is 0 Å². The van der Waals surface area contributed by atoms with Gasteiger partial charge in [-0.05, 0) is 31.7 Å². The van der Waals surface area contributed by atoms with Crippen molar-refractivity contribution in [3.8, 4) is 5.75 Å². The van der Waals surface area contributed by atoms with Crippen LogP contribution in [-0.2, 0) is 6.54 Å². The second kappa shape index (κ2) is 6.54. The van der Waals surface area contributed by atoms with Gasteiger partial charge in [0.2, 0.25) is 0 Å². The van der Waals surface area contributed by atoms with Crippen LogP contribution in [0.1, 0.15) is 39.2 Å². The maximum Gasteiger partial charge on any atom is 0.120 e. The molecule has 0 saturated heterocycles. The van der Waals surface area contributed by atoms with Gasteiger partial charge < -0.3 is 10.4 Å². The molecule has 0 heterocycles. The molecule has 0 fully saturated rings. The summed E-state index contributed by atoms with van der Waals surface area (Å²) in [6.07, 6.45) is 2.43. The molecule has 1 aromatic rings. The number of para-hydroxylation sites is 1. The molecule has 0 amide bonds. The van der Waals surface area contributed by atoms with Gasteiger partial charge in [-0.25, -0.2) is 0 Å². The number of benzene rings is 1. The van der Waals surface area contributed by atoms with Crippen molar-refractivity contribution in [2.45, 2.75) is 46.2 Å². The highest BCUT2D eigenvalue weighted by Crippen LogP contribution is 2.15. The standard InChI is InChI=1S/C14H23NO/c1-11(2)8-9-12(3)15-10-13-6-4-5-7-14(13)16/h4-7,11-12,15-16H,8-10H2,1-3H3. The number of aromatic hydroxyl groups is 1. The Morgan fingerprint density at radius 1 is 1.12 bits per heavy atom. The summed E-state index contributed by atoms with van der Waals surface area (Å²) in [5.74, 6) is 1.14. The highest BCUT2D eigenvalue weighted by Gasteiger charge is 2.04. The zero-order chi connectivity index (χ0) is 12.0. The van der Waals surface area contributed by atoms with Crippen LogP contribution in [0.15, 0.2) is 24.3 Å². The van der Waals surface area contributed by atoms with Crippen LogP contribution in [-0.4, -0.2) is 11.1 Å². The molecule has 0 aliphatic rings. The van der Waals surface area contributed by atoms with Gasteiger partial charge in [-0.3, -0.25) is 0 Å². The van der Waals surface area contributed by atoms with E-state index in [-0.39, 0.29) is 0 Å². The van der Waals surface area contributed by atoms with Crippen molar-refractivity contribution >= 4 is 0 Å². The first-order valence-corrected chi connectivity index (χ1v) is 6.10. The van der Waals surface area contributed by atoms with E-state index in [1.54, 1.807) is 6.07 Å². The molecule has 1 rings (SSSR count). The molecule has 0 radical (unpaired) electrons. The van der Waals surface area contributed by atoms with E-state index in [1.807, 2.05) is 18.2 Å². The maximum absolute atomic E-state index is 9.60. The van der Waals surface area contributed by atoms with Crippen molar-refractivity contribution in [3.05, 3.63) is 29.8 Å². The normalized spacial score (nSPS) is 13.0. The second-order valence-electron chi connectivity index (χ2n) is 4.88. The Morgan fingerprint density at radius 2 is 1.81 bits per heavy atom. The van der Waals surface area contributed by atoms with E-state index in [0.717, 1.165) is 18.0 Å². The molecule has 0 saturated carbocycles. The second-order valence-corrected chi connectivity index (χ2v) is 4.88. The lowest BCUT2D eigenvalue weighted by atomic mass is 10.0. The highest BCUT2D eigenvalue weighted by atomic mass is 16.3. The molecule has 0 bridgehead atoms. The van der Waals surface area contributed by atoms with Gasteiger partial charge in [-0.1, -0.05) is 32.0 Å². The van der Waals surface area contributed by atoms with Crippen molar-refractivity contribution in [3.63, 3.8) is 0 Å². The highest BCUT2D eigenvalue weighted by molar-refractivity contribution is 5.31. The van der Waals surface area contributed by atoms with Gasteiger partial charge >= 0.3 is 0 Å². The molecule has 90 valence electrons. The molecule has 16 heavy (non-hydrogen) atoms. The lowest BCUT2D eigenvalue weighted by Crippen LogP contribution is -2.25. The van der Waals surface area contributed by atoms with Crippen LogP contribution >= 0.6 is 0 Å². The Hall–Kier alpha value is -1.02. The van der Waals surface area contributed by atoms with Crippen LogP contribution in [0.3, 0.4) is 0 Å². The Morgan fingerprint density at radius 3 is 2.44 bits per heavy atom. The van der Waals surface area contributed by atoms with Gasteiger partial charge in [0.05, 0.1) is 0 Å². The smallest absolute Gasteiger partial charge is 0.120 e. The first kappa shape index (κ1) is 13.0. The summed E-state index contributed by atoms with van der Waals surface area (Å²) in [6.45, 7) is 7.43. The van der Waals surface area contributed by atoms with Crippen molar-refractivity contribution in [2.75, 3.05) is 0 Å². The summed E-state index contributed by atoms with van der Waals surface area (Å²) in [4.78, 5) is 0. The molecular weight excluding hydrogens is 198 g/mol. The molecule has 2 nitrogen and oxygen atoms in total. The Kier molecular flexibility index (Phi) is 5.33. The first-order chi connectivity index (χ1) is 7.59. The third kappa shape index (κ3) is 4.67. The molecule has 0 aliphatic carbocycles. The molecular formula is C14H23NO. The number of hydrogen-bond acceptors (Lipinski definition) is 2. The quantitative estimate of drug-likeness (QED) is 0.772. The van der Waals surface area contributed by atoms with E-state index in [4.69, 9.17) is 0 Å². The van der Waals surface area contributed by atoms with Crippen molar-refractivity contribution < 1.29 is 5.11 Å². The van der Waals surface area contributed by atoms with Crippen molar-refractivity contribution in [2.24, 2.45) is 5.92 Å². The SMILES string of the molecule is CC(C)CCC(C)NCc1ccccc1O. The minimum absolute atomic E-state index is 0.381. The first-order valence-electron chi connectivity index (χ1n) is 6.10. The van der Waals surface area contributed by atoms with Crippen LogP contribution in [0.5, 0.6) is 5.75 Å². The van der Waals surface area contributed by atoms with Gasteiger partial charge in [0, 0.05) is 18.2 Å². The molecule has 2 N–H and O–H groups in total. The summed E-state index contributed by atoms with van der Waals surface area (Å²) >= 11 is 0. The number of nitrogens with one attached hydrogen (secondary N) is 1.